The number of nitrogens with zero attached hydrogens (tertiary/aromatic N) is 1. The van der Waals surface area contributed by atoms with Crippen molar-refractivity contribution in [2.75, 3.05) is 13.2 Å². The molecule has 1 heterocycles. The molecular formula is C15H20N2O. The molecule has 18 heavy (non-hydrogen) atoms. The van der Waals surface area contributed by atoms with Gasteiger partial charge in [0.15, 0.2) is 0 Å². The molecule has 1 aromatic carbocycles. The fraction of sp³-hybridized carbons (Fsp3) is 0.533. The molecule has 1 aliphatic heterocycles. The van der Waals surface area contributed by atoms with Gasteiger partial charge >= 0.3 is 0 Å². The van der Waals surface area contributed by atoms with Crippen LogP contribution in [0.1, 0.15) is 30.9 Å². The number of nitrogens with one attached hydrogen (secondary N) is 1. The van der Waals surface area contributed by atoms with Gasteiger partial charge in [-0.3, -0.25) is 0 Å². The Hall–Kier alpha value is -1.37. The summed E-state index contributed by atoms with van der Waals surface area (Å²) in [4.78, 5) is 0. The minimum Gasteiger partial charge on any atom is -0.381 e. The molecule has 1 aliphatic rings. The SMILES string of the molecule is CC(NCc1ccccc1C#N)C1CCOCC1. The first-order valence-corrected chi connectivity index (χ1v) is 6.60. The molecule has 0 amide bonds. The second-order valence-electron chi connectivity index (χ2n) is 4.89. The summed E-state index contributed by atoms with van der Waals surface area (Å²) in [6.07, 6.45) is 2.27. The summed E-state index contributed by atoms with van der Waals surface area (Å²) < 4.78 is 5.38. The van der Waals surface area contributed by atoms with Gasteiger partial charge in [0.05, 0.1) is 11.6 Å². The van der Waals surface area contributed by atoms with Gasteiger partial charge in [0.1, 0.15) is 0 Å². The zero-order valence-corrected chi connectivity index (χ0v) is 10.9. The Morgan fingerprint density at radius 2 is 2.11 bits per heavy atom. The maximum absolute atomic E-state index is 9.04. The van der Waals surface area contributed by atoms with Crippen molar-refractivity contribution in [2.24, 2.45) is 5.92 Å². The molecule has 1 saturated heterocycles. The molecule has 0 bridgehead atoms. The summed E-state index contributed by atoms with van der Waals surface area (Å²) in [6.45, 7) is 4.75. The zero-order chi connectivity index (χ0) is 12.8. The van der Waals surface area contributed by atoms with Crippen LogP contribution in [0.3, 0.4) is 0 Å². The lowest BCUT2D eigenvalue weighted by Gasteiger charge is -2.28. The molecule has 1 unspecified atom stereocenters. The third kappa shape index (κ3) is 3.32. The first kappa shape index (κ1) is 13.1. The lowest BCUT2D eigenvalue weighted by molar-refractivity contribution is 0.0558. The molecule has 0 spiro atoms. The Balaban J connectivity index is 1.88. The van der Waals surface area contributed by atoms with E-state index in [1.54, 1.807) is 0 Å². The summed E-state index contributed by atoms with van der Waals surface area (Å²) in [5.74, 6) is 0.688. The quantitative estimate of drug-likeness (QED) is 0.885. The molecule has 1 fully saturated rings. The van der Waals surface area contributed by atoms with Crippen molar-refractivity contribution in [2.45, 2.75) is 32.4 Å². The summed E-state index contributed by atoms with van der Waals surface area (Å²) in [5, 5.41) is 12.6. The smallest absolute Gasteiger partial charge is 0.0995 e. The van der Waals surface area contributed by atoms with E-state index in [0.29, 0.717) is 12.0 Å². The first-order valence-electron chi connectivity index (χ1n) is 6.60. The summed E-state index contributed by atoms with van der Waals surface area (Å²) >= 11 is 0. The molecular weight excluding hydrogens is 224 g/mol. The number of nitriles is 1. The van der Waals surface area contributed by atoms with Gasteiger partial charge in [-0.1, -0.05) is 18.2 Å². The van der Waals surface area contributed by atoms with E-state index in [-0.39, 0.29) is 0 Å². The van der Waals surface area contributed by atoms with Crippen LogP contribution < -0.4 is 5.32 Å². The molecule has 0 aromatic heterocycles. The minimum atomic E-state index is 0.473. The molecule has 0 aliphatic carbocycles. The van der Waals surface area contributed by atoms with Crippen LogP contribution in [-0.4, -0.2) is 19.3 Å². The Morgan fingerprint density at radius 3 is 2.83 bits per heavy atom. The van der Waals surface area contributed by atoms with E-state index in [0.717, 1.165) is 43.7 Å². The van der Waals surface area contributed by atoms with Gasteiger partial charge in [-0.15, -0.1) is 0 Å². The first-order chi connectivity index (χ1) is 8.81. The molecule has 3 nitrogen and oxygen atoms in total. The van der Waals surface area contributed by atoms with E-state index < -0.39 is 0 Å². The topological polar surface area (TPSA) is 45.0 Å². The van der Waals surface area contributed by atoms with Crippen molar-refractivity contribution in [3.05, 3.63) is 35.4 Å². The average Bonchev–Trinajstić information content (AvgIpc) is 2.46. The van der Waals surface area contributed by atoms with E-state index in [1.807, 2.05) is 24.3 Å². The van der Waals surface area contributed by atoms with Crippen LogP contribution in [0.15, 0.2) is 24.3 Å². The van der Waals surface area contributed by atoms with E-state index >= 15 is 0 Å². The highest BCUT2D eigenvalue weighted by Gasteiger charge is 2.20. The van der Waals surface area contributed by atoms with Crippen LogP contribution in [0.4, 0.5) is 0 Å². The second kappa shape index (κ2) is 6.53. The van der Waals surface area contributed by atoms with E-state index in [1.165, 1.54) is 0 Å². The number of hydrogen-bond acceptors (Lipinski definition) is 3. The van der Waals surface area contributed by atoms with Crippen LogP contribution >= 0.6 is 0 Å². The summed E-state index contributed by atoms with van der Waals surface area (Å²) in [7, 11) is 0. The van der Waals surface area contributed by atoms with E-state index in [4.69, 9.17) is 10.00 Å². The molecule has 0 saturated carbocycles. The Kier molecular flexibility index (Phi) is 4.74. The predicted octanol–water partition coefficient (Wildman–Crippen LogP) is 2.46. The lowest BCUT2D eigenvalue weighted by Crippen LogP contribution is -2.36. The molecule has 3 heteroatoms. The van der Waals surface area contributed by atoms with Gasteiger partial charge in [-0.25, -0.2) is 0 Å². The monoisotopic (exact) mass is 244 g/mol. The third-order valence-electron chi connectivity index (χ3n) is 3.73. The predicted molar refractivity (Wildman–Crippen MR) is 71.0 cm³/mol. The fourth-order valence-electron chi connectivity index (χ4n) is 2.44. The summed E-state index contributed by atoms with van der Waals surface area (Å²) in [5.41, 5.74) is 1.85. The average molecular weight is 244 g/mol. The maximum Gasteiger partial charge on any atom is 0.0995 e. The van der Waals surface area contributed by atoms with Gasteiger partial charge in [0, 0.05) is 25.8 Å². The van der Waals surface area contributed by atoms with Gasteiger partial charge in [-0.2, -0.15) is 5.26 Å². The maximum atomic E-state index is 9.04. The Bertz CT molecular complexity index is 419. The van der Waals surface area contributed by atoms with E-state index in [2.05, 4.69) is 18.3 Å². The molecule has 2 rings (SSSR count). The Labute approximate surface area is 109 Å². The van der Waals surface area contributed by atoms with Gasteiger partial charge in [-0.05, 0) is 37.3 Å². The number of benzene rings is 1. The van der Waals surface area contributed by atoms with Gasteiger partial charge < -0.3 is 10.1 Å². The minimum absolute atomic E-state index is 0.473. The number of hydrogen-bond donors (Lipinski definition) is 1. The lowest BCUT2D eigenvalue weighted by atomic mass is 9.92. The Morgan fingerprint density at radius 1 is 1.39 bits per heavy atom. The zero-order valence-electron chi connectivity index (χ0n) is 10.9. The largest absolute Gasteiger partial charge is 0.381 e. The van der Waals surface area contributed by atoms with E-state index in [9.17, 15) is 0 Å². The molecule has 1 N–H and O–H groups in total. The molecule has 1 atom stereocenters. The highest BCUT2D eigenvalue weighted by Crippen LogP contribution is 2.19. The van der Waals surface area contributed by atoms with Gasteiger partial charge in [0.2, 0.25) is 0 Å². The van der Waals surface area contributed by atoms with Crippen LogP contribution in [0.2, 0.25) is 0 Å². The normalized spacial score (nSPS) is 18.2. The van der Waals surface area contributed by atoms with Gasteiger partial charge in [0.25, 0.3) is 0 Å². The highest BCUT2D eigenvalue weighted by atomic mass is 16.5. The fourth-order valence-corrected chi connectivity index (χ4v) is 2.44. The van der Waals surface area contributed by atoms with Crippen molar-refractivity contribution in [3.63, 3.8) is 0 Å². The number of ether oxygens (including phenoxy) is 1. The van der Waals surface area contributed by atoms with Crippen molar-refractivity contribution in [1.29, 1.82) is 5.26 Å². The standard InChI is InChI=1S/C15H20N2O/c1-12(13-6-8-18-9-7-13)17-11-15-5-3-2-4-14(15)10-16/h2-5,12-13,17H,6-9,11H2,1H3. The molecule has 96 valence electrons. The van der Waals surface area contributed by atoms with Crippen molar-refractivity contribution < 1.29 is 4.74 Å². The second-order valence-corrected chi connectivity index (χ2v) is 4.89. The molecule has 1 aromatic rings. The van der Waals surface area contributed by atoms with Crippen LogP contribution in [0.5, 0.6) is 0 Å². The highest BCUT2D eigenvalue weighted by molar-refractivity contribution is 5.37. The summed E-state index contributed by atoms with van der Waals surface area (Å²) in [6, 6.07) is 10.5. The van der Waals surface area contributed by atoms with Crippen molar-refractivity contribution >= 4 is 0 Å². The van der Waals surface area contributed by atoms with Crippen LogP contribution in [0, 0.1) is 17.2 Å². The van der Waals surface area contributed by atoms with Crippen LogP contribution in [-0.2, 0) is 11.3 Å². The number of rotatable bonds is 4. The van der Waals surface area contributed by atoms with Crippen LogP contribution in [0.25, 0.3) is 0 Å². The third-order valence-corrected chi connectivity index (χ3v) is 3.73. The van der Waals surface area contributed by atoms with Crippen molar-refractivity contribution in [3.8, 4) is 6.07 Å². The van der Waals surface area contributed by atoms with Crippen molar-refractivity contribution in [1.82, 2.24) is 5.32 Å². The molecule has 0 radical (unpaired) electrons.